The fraction of sp³-hybridized carbons (Fsp3) is 0.286. The van der Waals surface area contributed by atoms with Crippen molar-refractivity contribution in [2.75, 3.05) is 17.2 Å². The molecule has 0 fully saturated rings. The molecule has 29 heavy (non-hydrogen) atoms. The maximum atomic E-state index is 12.5. The summed E-state index contributed by atoms with van der Waals surface area (Å²) in [4.78, 5) is 13.5. The molecular formula is C21H24N4O2S2. The second-order valence-corrected chi connectivity index (χ2v) is 8.13. The van der Waals surface area contributed by atoms with E-state index in [-0.39, 0.29) is 5.97 Å². The zero-order valence-corrected chi connectivity index (χ0v) is 18.5. The molecule has 0 aliphatic carbocycles. The van der Waals surface area contributed by atoms with E-state index in [4.69, 9.17) is 17.0 Å². The smallest absolute Gasteiger partial charge is 0.341 e. The molecule has 0 saturated carbocycles. The summed E-state index contributed by atoms with van der Waals surface area (Å²) in [7, 11) is 1.89. The summed E-state index contributed by atoms with van der Waals surface area (Å²) in [6, 6.07) is 12.0. The first-order chi connectivity index (χ1) is 13.9. The topological polar surface area (TPSA) is 68.2 Å². The number of carbonyl (C=O) groups is 1. The molecule has 0 aliphatic rings. The second kappa shape index (κ2) is 9.19. The van der Waals surface area contributed by atoms with Gasteiger partial charge in [-0.3, -0.25) is 4.68 Å². The Morgan fingerprint density at radius 2 is 1.97 bits per heavy atom. The molecule has 6 nitrogen and oxygen atoms in total. The summed E-state index contributed by atoms with van der Waals surface area (Å²) in [5.74, 6) is -0.359. The lowest BCUT2D eigenvalue weighted by Crippen LogP contribution is -2.20. The molecule has 0 bridgehead atoms. The highest BCUT2D eigenvalue weighted by atomic mass is 32.1. The first kappa shape index (κ1) is 21.0. The van der Waals surface area contributed by atoms with Gasteiger partial charge in [0.05, 0.1) is 29.2 Å². The average molecular weight is 429 g/mol. The van der Waals surface area contributed by atoms with Gasteiger partial charge < -0.3 is 15.4 Å². The van der Waals surface area contributed by atoms with Crippen LogP contribution in [0.3, 0.4) is 0 Å². The first-order valence-corrected chi connectivity index (χ1v) is 10.5. The fourth-order valence-electron chi connectivity index (χ4n) is 2.98. The fourth-order valence-corrected chi connectivity index (χ4v) is 4.33. The lowest BCUT2D eigenvalue weighted by atomic mass is 10.1. The zero-order valence-electron chi connectivity index (χ0n) is 16.9. The average Bonchev–Trinajstić information content (AvgIpc) is 3.18. The number of benzene rings is 1. The number of carbonyl (C=O) groups excluding carboxylic acids is 1. The van der Waals surface area contributed by atoms with Gasteiger partial charge in [-0.2, -0.15) is 5.10 Å². The number of thiocarbonyl (C=S) groups is 1. The highest BCUT2D eigenvalue weighted by Crippen LogP contribution is 2.31. The SMILES string of the molecule is CCOC(=O)c1cc(Cc2ccccc2)sc1NC(=S)Nc1c(C)nn(C)c1C. The highest BCUT2D eigenvalue weighted by Gasteiger charge is 2.19. The number of nitrogens with zero attached hydrogens (tertiary/aromatic N) is 2. The van der Waals surface area contributed by atoms with Crippen molar-refractivity contribution in [1.29, 1.82) is 0 Å². The summed E-state index contributed by atoms with van der Waals surface area (Å²) in [5.41, 5.74) is 4.37. The summed E-state index contributed by atoms with van der Waals surface area (Å²) >= 11 is 6.99. The second-order valence-electron chi connectivity index (χ2n) is 6.59. The maximum Gasteiger partial charge on any atom is 0.341 e. The number of aromatic nitrogens is 2. The summed E-state index contributed by atoms with van der Waals surface area (Å²) in [6.07, 6.45) is 0.737. The Kier molecular flexibility index (Phi) is 6.66. The molecule has 1 aromatic carbocycles. The van der Waals surface area contributed by atoms with E-state index in [0.29, 0.717) is 22.3 Å². The lowest BCUT2D eigenvalue weighted by molar-refractivity contribution is 0.0528. The lowest BCUT2D eigenvalue weighted by Gasteiger charge is -2.11. The quantitative estimate of drug-likeness (QED) is 0.439. The van der Waals surface area contributed by atoms with E-state index in [2.05, 4.69) is 27.9 Å². The predicted molar refractivity (Wildman–Crippen MR) is 122 cm³/mol. The van der Waals surface area contributed by atoms with Crippen LogP contribution >= 0.6 is 23.6 Å². The third kappa shape index (κ3) is 5.02. The van der Waals surface area contributed by atoms with Gasteiger partial charge in [-0.15, -0.1) is 11.3 Å². The Morgan fingerprint density at radius 1 is 1.24 bits per heavy atom. The number of thiophene rings is 1. The molecule has 2 N–H and O–H groups in total. The number of nitrogens with one attached hydrogen (secondary N) is 2. The van der Waals surface area contributed by atoms with Gasteiger partial charge in [-0.05, 0) is 44.6 Å². The minimum atomic E-state index is -0.359. The molecule has 0 spiro atoms. The molecule has 0 unspecified atom stereocenters. The summed E-state index contributed by atoms with van der Waals surface area (Å²) in [6.45, 7) is 6.00. The summed E-state index contributed by atoms with van der Waals surface area (Å²) in [5, 5.41) is 11.8. The molecular weight excluding hydrogens is 404 g/mol. The van der Waals surface area contributed by atoms with Crippen LogP contribution < -0.4 is 10.6 Å². The van der Waals surface area contributed by atoms with Crippen molar-refractivity contribution >= 4 is 45.3 Å². The highest BCUT2D eigenvalue weighted by molar-refractivity contribution is 7.80. The number of anilines is 2. The molecule has 0 saturated heterocycles. The van der Waals surface area contributed by atoms with Gasteiger partial charge in [0.1, 0.15) is 5.00 Å². The molecule has 0 amide bonds. The number of esters is 1. The molecule has 3 aromatic rings. The van der Waals surface area contributed by atoms with E-state index in [9.17, 15) is 4.79 Å². The zero-order chi connectivity index (χ0) is 21.0. The predicted octanol–water partition coefficient (Wildman–Crippen LogP) is 4.67. The van der Waals surface area contributed by atoms with E-state index in [1.807, 2.05) is 45.2 Å². The number of hydrogen-bond donors (Lipinski definition) is 2. The molecule has 8 heteroatoms. The van der Waals surface area contributed by atoms with Crippen LogP contribution in [0.4, 0.5) is 10.7 Å². The van der Waals surface area contributed by atoms with Gasteiger partial charge >= 0.3 is 5.97 Å². The number of rotatable bonds is 6. The Morgan fingerprint density at radius 3 is 2.59 bits per heavy atom. The van der Waals surface area contributed by atoms with Crippen LogP contribution in [0.5, 0.6) is 0 Å². The van der Waals surface area contributed by atoms with Crippen LogP contribution in [0, 0.1) is 13.8 Å². The van der Waals surface area contributed by atoms with Gasteiger partial charge in [0.2, 0.25) is 0 Å². The third-order valence-electron chi connectivity index (χ3n) is 4.47. The first-order valence-electron chi connectivity index (χ1n) is 9.31. The third-order valence-corrected chi connectivity index (χ3v) is 5.73. The summed E-state index contributed by atoms with van der Waals surface area (Å²) < 4.78 is 7.02. The van der Waals surface area contributed by atoms with Gasteiger partial charge in [0.25, 0.3) is 0 Å². The van der Waals surface area contributed by atoms with Gasteiger partial charge in [-0.1, -0.05) is 30.3 Å². The maximum absolute atomic E-state index is 12.5. The molecule has 2 aromatic heterocycles. The molecule has 3 rings (SSSR count). The Bertz CT molecular complexity index is 1020. The van der Waals surface area contributed by atoms with Crippen LogP contribution in [0.25, 0.3) is 0 Å². The largest absolute Gasteiger partial charge is 0.462 e. The number of hydrogen-bond acceptors (Lipinski definition) is 5. The minimum Gasteiger partial charge on any atom is -0.462 e. The van der Waals surface area contributed by atoms with Crippen LogP contribution in [0.15, 0.2) is 36.4 Å². The van der Waals surface area contributed by atoms with Crippen molar-refractivity contribution in [3.63, 3.8) is 0 Å². The van der Waals surface area contributed by atoms with Crippen molar-refractivity contribution < 1.29 is 9.53 Å². The Balaban J connectivity index is 1.82. The van der Waals surface area contributed by atoms with Crippen molar-refractivity contribution in [1.82, 2.24) is 9.78 Å². The Hall–Kier alpha value is -2.71. The van der Waals surface area contributed by atoms with Gasteiger partial charge in [0.15, 0.2) is 5.11 Å². The van der Waals surface area contributed by atoms with Crippen LogP contribution in [0.1, 0.15) is 39.1 Å². The number of ether oxygens (including phenoxy) is 1. The molecule has 152 valence electrons. The normalized spacial score (nSPS) is 10.6. The van der Waals surface area contributed by atoms with E-state index in [0.717, 1.165) is 28.4 Å². The minimum absolute atomic E-state index is 0.318. The van der Waals surface area contributed by atoms with Crippen molar-refractivity contribution in [3.05, 3.63) is 63.8 Å². The van der Waals surface area contributed by atoms with E-state index < -0.39 is 0 Å². The van der Waals surface area contributed by atoms with Crippen LogP contribution in [-0.4, -0.2) is 27.5 Å². The molecule has 0 atom stereocenters. The molecule has 2 heterocycles. The van der Waals surface area contributed by atoms with E-state index >= 15 is 0 Å². The molecule has 0 aliphatic heterocycles. The van der Waals surface area contributed by atoms with Gasteiger partial charge in [0, 0.05) is 18.3 Å². The van der Waals surface area contributed by atoms with Crippen molar-refractivity contribution in [3.8, 4) is 0 Å². The van der Waals surface area contributed by atoms with E-state index in [1.165, 1.54) is 16.9 Å². The van der Waals surface area contributed by atoms with Crippen molar-refractivity contribution in [2.24, 2.45) is 7.05 Å². The van der Waals surface area contributed by atoms with Crippen LogP contribution in [-0.2, 0) is 18.2 Å². The Labute approximate surface area is 179 Å². The van der Waals surface area contributed by atoms with E-state index in [1.54, 1.807) is 11.6 Å². The molecule has 0 radical (unpaired) electrons. The van der Waals surface area contributed by atoms with Gasteiger partial charge in [-0.25, -0.2) is 4.79 Å². The monoisotopic (exact) mass is 428 g/mol. The van der Waals surface area contributed by atoms with Crippen molar-refractivity contribution in [2.45, 2.75) is 27.2 Å². The number of aryl methyl sites for hydroxylation is 2. The van der Waals surface area contributed by atoms with Crippen LogP contribution in [0.2, 0.25) is 0 Å². The standard InChI is InChI=1S/C21H24N4O2S2/c1-5-27-20(26)17-12-16(11-15-9-7-6-8-10-15)29-19(17)23-21(28)22-18-13(2)24-25(4)14(18)3/h6-10,12H,5,11H2,1-4H3,(H2,22,23,28).